The van der Waals surface area contributed by atoms with Crippen LogP contribution in [0.2, 0.25) is 0 Å². The molecule has 24 heavy (non-hydrogen) atoms. The first kappa shape index (κ1) is 16.7. The number of fused-ring (bicyclic) bond motifs is 1. The Hall–Kier alpha value is -2.12. The molecule has 6 nitrogen and oxygen atoms in total. The van der Waals surface area contributed by atoms with E-state index in [0.717, 1.165) is 34.3 Å². The van der Waals surface area contributed by atoms with Crippen molar-refractivity contribution in [3.05, 3.63) is 49.1 Å². The van der Waals surface area contributed by atoms with Crippen molar-refractivity contribution in [1.29, 1.82) is 0 Å². The van der Waals surface area contributed by atoms with Crippen LogP contribution >= 0.6 is 11.8 Å². The summed E-state index contributed by atoms with van der Waals surface area (Å²) in [6.07, 6.45) is 3.74. The molecule has 0 fully saturated rings. The lowest BCUT2D eigenvalue weighted by molar-refractivity contribution is 0.437. The molecule has 0 radical (unpaired) electrons. The monoisotopic (exact) mass is 342 g/mol. The molecule has 7 heteroatoms. The Morgan fingerprint density at radius 1 is 1.25 bits per heavy atom. The van der Waals surface area contributed by atoms with Crippen LogP contribution in [0.25, 0.3) is 11.0 Å². The predicted molar refractivity (Wildman–Crippen MR) is 98.3 cm³/mol. The van der Waals surface area contributed by atoms with Crippen LogP contribution < -0.4 is 0 Å². The molecule has 0 atom stereocenters. The minimum absolute atomic E-state index is 0.648. The van der Waals surface area contributed by atoms with E-state index < -0.39 is 0 Å². The number of benzene rings is 1. The highest BCUT2D eigenvalue weighted by Crippen LogP contribution is 2.19. The Kier molecular flexibility index (Phi) is 5.32. The van der Waals surface area contributed by atoms with Crippen molar-refractivity contribution in [2.75, 3.05) is 26.4 Å². The van der Waals surface area contributed by atoms with Crippen LogP contribution in [0.3, 0.4) is 0 Å². The molecule has 2 aromatic heterocycles. The first-order valence-corrected chi connectivity index (χ1v) is 8.88. The fourth-order valence-electron chi connectivity index (χ4n) is 2.46. The molecule has 0 bridgehead atoms. The summed E-state index contributed by atoms with van der Waals surface area (Å²) in [6.45, 7) is 6.22. The van der Waals surface area contributed by atoms with Gasteiger partial charge in [0.25, 0.3) is 0 Å². The van der Waals surface area contributed by atoms with Crippen LogP contribution in [0, 0.1) is 0 Å². The molecule has 3 rings (SSSR count). The van der Waals surface area contributed by atoms with E-state index in [9.17, 15) is 0 Å². The van der Waals surface area contributed by atoms with Gasteiger partial charge in [0, 0.05) is 18.8 Å². The molecule has 0 aliphatic heterocycles. The molecule has 0 aliphatic rings. The van der Waals surface area contributed by atoms with Gasteiger partial charge in [0.05, 0.1) is 23.9 Å². The SMILES string of the molecule is C=CCn1c(Cn2cnc3ccccc32)nnc1SCCN(C)C. The average molecular weight is 342 g/mol. The molecule has 0 unspecified atom stereocenters. The van der Waals surface area contributed by atoms with Gasteiger partial charge in [-0.2, -0.15) is 0 Å². The van der Waals surface area contributed by atoms with Gasteiger partial charge in [0.1, 0.15) is 0 Å². The Labute approximate surface area is 146 Å². The van der Waals surface area contributed by atoms with E-state index in [1.807, 2.05) is 30.6 Å². The minimum Gasteiger partial charge on any atom is -0.323 e. The van der Waals surface area contributed by atoms with Crippen LogP contribution in [0.4, 0.5) is 0 Å². The second-order valence-electron chi connectivity index (χ2n) is 5.81. The molecule has 0 N–H and O–H groups in total. The molecule has 126 valence electrons. The molecule has 0 saturated carbocycles. The molecule has 0 aliphatic carbocycles. The van der Waals surface area contributed by atoms with Crippen LogP contribution in [-0.2, 0) is 13.1 Å². The first-order chi connectivity index (χ1) is 11.7. The number of allylic oxidation sites excluding steroid dienone is 1. The molecule has 0 spiro atoms. The lowest BCUT2D eigenvalue weighted by atomic mass is 10.3. The zero-order valence-electron chi connectivity index (χ0n) is 14.1. The first-order valence-electron chi connectivity index (χ1n) is 7.89. The number of nitrogens with zero attached hydrogens (tertiary/aromatic N) is 6. The third kappa shape index (κ3) is 3.68. The Bertz CT molecular complexity index is 819. The zero-order valence-corrected chi connectivity index (χ0v) is 14.9. The molecule has 1 aromatic carbocycles. The van der Waals surface area contributed by atoms with E-state index in [-0.39, 0.29) is 0 Å². The third-order valence-corrected chi connectivity index (χ3v) is 4.66. The fourth-order valence-corrected chi connectivity index (χ4v) is 3.54. The summed E-state index contributed by atoms with van der Waals surface area (Å²) in [4.78, 5) is 6.61. The number of imidazole rings is 1. The van der Waals surface area contributed by atoms with Crippen molar-refractivity contribution < 1.29 is 0 Å². The highest BCUT2D eigenvalue weighted by molar-refractivity contribution is 7.99. The Morgan fingerprint density at radius 2 is 2.08 bits per heavy atom. The third-order valence-electron chi connectivity index (χ3n) is 3.71. The number of hydrogen-bond acceptors (Lipinski definition) is 5. The summed E-state index contributed by atoms with van der Waals surface area (Å²) in [7, 11) is 4.15. The van der Waals surface area contributed by atoms with Gasteiger partial charge in [-0.1, -0.05) is 30.0 Å². The van der Waals surface area contributed by atoms with Crippen LogP contribution in [0.5, 0.6) is 0 Å². The molecule has 2 heterocycles. The standard InChI is InChI=1S/C17H22N6S/c1-4-9-23-16(19-20-17(23)24-11-10-21(2)3)12-22-13-18-14-7-5-6-8-15(14)22/h4-8,13H,1,9-12H2,2-3H3. The van der Waals surface area contributed by atoms with Gasteiger partial charge in [0.15, 0.2) is 11.0 Å². The maximum atomic E-state index is 4.44. The maximum Gasteiger partial charge on any atom is 0.191 e. The Balaban J connectivity index is 1.82. The maximum absolute atomic E-state index is 4.44. The molecule has 3 aromatic rings. The number of aromatic nitrogens is 5. The minimum atomic E-state index is 0.648. The number of hydrogen-bond donors (Lipinski definition) is 0. The van der Waals surface area contributed by atoms with Crippen LogP contribution in [0.15, 0.2) is 48.4 Å². The van der Waals surface area contributed by atoms with E-state index in [1.54, 1.807) is 11.8 Å². The van der Waals surface area contributed by atoms with Crippen molar-refractivity contribution in [2.24, 2.45) is 0 Å². The van der Waals surface area contributed by atoms with Gasteiger partial charge in [-0.05, 0) is 26.2 Å². The van der Waals surface area contributed by atoms with Gasteiger partial charge in [0.2, 0.25) is 0 Å². The number of thioether (sulfide) groups is 1. The van der Waals surface area contributed by atoms with Crippen molar-refractivity contribution in [3.63, 3.8) is 0 Å². The van der Waals surface area contributed by atoms with Gasteiger partial charge < -0.3 is 14.0 Å². The fraction of sp³-hybridized carbons (Fsp3) is 0.353. The van der Waals surface area contributed by atoms with Gasteiger partial charge in [-0.25, -0.2) is 4.98 Å². The highest BCUT2D eigenvalue weighted by atomic mass is 32.2. The van der Waals surface area contributed by atoms with E-state index in [2.05, 4.69) is 56.0 Å². The summed E-state index contributed by atoms with van der Waals surface area (Å²) >= 11 is 1.73. The zero-order chi connectivity index (χ0) is 16.9. The molecular weight excluding hydrogens is 320 g/mol. The van der Waals surface area contributed by atoms with E-state index in [0.29, 0.717) is 13.1 Å². The molecular formula is C17H22N6S. The van der Waals surface area contributed by atoms with E-state index >= 15 is 0 Å². The van der Waals surface area contributed by atoms with Crippen molar-refractivity contribution in [3.8, 4) is 0 Å². The quantitative estimate of drug-likeness (QED) is 0.465. The van der Waals surface area contributed by atoms with Crippen LogP contribution in [-0.4, -0.2) is 55.6 Å². The molecule has 0 saturated heterocycles. The highest BCUT2D eigenvalue weighted by Gasteiger charge is 2.13. The van der Waals surface area contributed by atoms with Gasteiger partial charge in [-0.3, -0.25) is 0 Å². The summed E-state index contributed by atoms with van der Waals surface area (Å²) in [5, 5.41) is 9.71. The number of rotatable bonds is 8. The second kappa shape index (κ2) is 7.63. The summed E-state index contributed by atoms with van der Waals surface area (Å²) < 4.78 is 4.23. The lowest BCUT2D eigenvalue weighted by Gasteiger charge is -2.10. The summed E-state index contributed by atoms with van der Waals surface area (Å²) in [5.41, 5.74) is 2.10. The largest absolute Gasteiger partial charge is 0.323 e. The van der Waals surface area contributed by atoms with E-state index in [1.165, 1.54) is 0 Å². The van der Waals surface area contributed by atoms with Crippen LogP contribution in [0.1, 0.15) is 5.82 Å². The smallest absolute Gasteiger partial charge is 0.191 e. The Morgan fingerprint density at radius 3 is 2.88 bits per heavy atom. The average Bonchev–Trinajstić information content (AvgIpc) is 3.14. The van der Waals surface area contributed by atoms with Gasteiger partial charge >= 0.3 is 0 Å². The van der Waals surface area contributed by atoms with Crippen molar-refractivity contribution in [1.82, 2.24) is 29.2 Å². The summed E-state index contributed by atoms with van der Waals surface area (Å²) in [6, 6.07) is 8.11. The number of para-hydroxylation sites is 2. The molecule has 0 amide bonds. The normalized spacial score (nSPS) is 11.5. The van der Waals surface area contributed by atoms with Gasteiger partial charge in [-0.15, -0.1) is 16.8 Å². The summed E-state index contributed by atoms with van der Waals surface area (Å²) in [5.74, 6) is 1.90. The van der Waals surface area contributed by atoms with Crippen molar-refractivity contribution >= 4 is 22.8 Å². The van der Waals surface area contributed by atoms with E-state index in [4.69, 9.17) is 0 Å². The second-order valence-corrected chi connectivity index (χ2v) is 6.87. The topological polar surface area (TPSA) is 51.8 Å². The lowest BCUT2D eigenvalue weighted by Crippen LogP contribution is -2.15. The van der Waals surface area contributed by atoms with Crippen molar-refractivity contribution in [2.45, 2.75) is 18.2 Å². The predicted octanol–water partition coefficient (Wildman–Crippen LogP) is 2.52.